The Bertz CT molecular complexity index is 1680. The number of hydrogen-bond donors (Lipinski definition) is 2. The molecule has 0 spiro atoms. The Morgan fingerprint density at radius 3 is 2.43 bits per heavy atom. The molecule has 2 N–H and O–H groups in total. The number of nitrogens with zero attached hydrogens (tertiary/aromatic N) is 6. The smallest absolute Gasteiger partial charge is 0.410 e. The highest BCUT2D eigenvalue weighted by atomic mass is 16.7. The number of nitrogens with one attached hydrogen (secondary N) is 1. The highest BCUT2D eigenvalue weighted by Gasteiger charge is 2.58. The van der Waals surface area contributed by atoms with E-state index in [4.69, 9.17) is 23.7 Å². The number of aliphatic hydroxyl groups is 1. The minimum Gasteiger partial charge on any atom is -0.458 e. The van der Waals surface area contributed by atoms with E-state index >= 15 is 0 Å². The summed E-state index contributed by atoms with van der Waals surface area (Å²) in [7, 11) is 5.39. The number of cyclic esters (lactones) is 1. The van der Waals surface area contributed by atoms with Gasteiger partial charge in [-0.05, 0) is 105 Å². The Morgan fingerprint density at radius 1 is 1.05 bits per heavy atom. The number of carbonyl (C=O) groups excluding carboxylic acids is 3. The van der Waals surface area contributed by atoms with E-state index in [0.717, 1.165) is 12.1 Å². The van der Waals surface area contributed by atoms with Crippen LogP contribution in [0.5, 0.6) is 0 Å². The Kier molecular flexibility index (Phi) is 15.1. The second-order valence-corrected chi connectivity index (χ2v) is 17.4. The summed E-state index contributed by atoms with van der Waals surface area (Å²) in [4.78, 5) is 50.2. The lowest BCUT2D eigenvalue weighted by atomic mass is 9.78. The number of fused-ring (bicyclic) bond motifs is 1. The number of methoxy groups -OCH3 is 1. The van der Waals surface area contributed by atoms with Gasteiger partial charge in [0.1, 0.15) is 23.8 Å². The average molecular weight is 814 g/mol. The summed E-state index contributed by atoms with van der Waals surface area (Å²) in [5.74, 6) is -3.15. The van der Waals surface area contributed by atoms with Crippen LogP contribution in [-0.4, -0.2) is 147 Å². The molecule has 0 saturated carbocycles. The van der Waals surface area contributed by atoms with Crippen LogP contribution in [0, 0.1) is 17.8 Å². The predicted octanol–water partition coefficient (Wildman–Crippen LogP) is 4.10. The second-order valence-electron chi connectivity index (χ2n) is 17.4. The zero-order valence-electron chi connectivity index (χ0n) is 36.3. The van der Waals surface area contributed by atoms with Crippen molar-refractivity contribution in [2.75, 3.05) is 34.3 Å². The quantitative estimate of drug-likeness (QED) is 0.188. The van der Waals surface area contributed by atoms with E-state index in [-0.39, 0.29) is 24.1 Å². The number of ketones is 1. The number of ether oxygens (including phenoxy) is 5. The van der Waals surface area contributed by atoms with E-state index in [1.54, 1.807) is 29.8 Å². The van der Waals surface area contributed by atoms with Crippen LogP contribution < -0.4 is 5.32 Å². The van der Waals surface area contributed by atoms with Gasteiger partial charge in [0.25, 0.3) is 0 Å². The summed E-state index contributed by atoms with van der Waals surface area (Å²) in [6, 6.07) is 4.61. The first-order chi connectivity index (χ1) is 27.4. The number of unbranched alkanes of at least 4 members (excludes halogenated alkanes) is 1. The number of pyridine rings is 1. The van der Waals surface area contributed by atoms with Crippen LogP contribution in [0.3, 0.4) is 0 Å². The molecule has 58 heavy (non-hydrogen) atoms. The molecule has 2 aromatic heterocycles. The van der Waals surface area contributed by atoms with Gasteiger partial charge in [0.05, 0.1) is 35.7 Å². The number of Topliss-reactive ketones (excluding diaryl/α,β-unsaturated/α-hetero) is 1. The normalized spacial score (nSPS) is 36.9. The van der Waals surface area contributed by atoms with Crippen molar-refractivity contribution >= 4 is 17.8 Å². The maximum atomic E-state index is 14.4. The summed E-state index contributed by atoms with van der Waals surface area (Å²) >= 11 is 0. The molecule has 324 valence electrons. The molecule has 0 aromatic carbocycles. The predicted molar refractivity (Wildman–Crippen MR) is 215 cm³/mol. The molecule has 13 atom stereocenters. The molecule has 3 aliphatic heterocycles. The lowest BCUT2D eigenvalue weighted by molar-refractivity contribution is -0.295. The standard InChI is InChI=1S/C42H67N7O9/c1-12-33-42(8)36(49(40(53)58-42)20-16-15-19-48-24-31(45-46-48)30-17-13-14-18-43-30)29(6)44-23-25(2)22-41(7,54-11)37(27(4)34(50)28(5)38(52)56-33)57-39-35(51)32(47(9)10)21-26(3)55-39/h13-14,17-18,24-29,32-33,35-37,39,44,51H,12,15-16,19-23H2,1-11H3/t25-,26?,27+,28?,29-,32?,33-,35?,36-,37-,39+,41-,42-/m1/s1. The van der Waals surface area contributed by atoms with E-state index in [1.807, 2.05) is 78.0 Å². The van der Waals surface area contributed by atoms with Crippen LogP contribution >= 0.6 is 0 Å². The van der Waals surface area contributed by atoms with Gasteiger partial charge in [-0.3, -0.25) is 24.2 Å². The van der Waals surface area contributed by atoms with E-state index in [0.29, 0.717) is 51.0 Å². The van der Waals surface area contributed by atoms with Crippen molar-refractivity contribution in [1.82, 2.24) is 35.1 Å². The van der Waals surface area contributed by atoms with Gasteiger partial charge in [-0.15, -0.1) is 5.10 Å². The highest BCUT2D eigenvalue weighted by Crippen LogP contribution is 2.40. The van der Waals surface area contributed by atoms with Gasteiger partial charge < -0.3 is 39.0 Å². The Hall–Kier alpha value is -3.54. The highest BCUT2D eigenvalue weighted by molar-refractivity contribution is 6.00. The maximum absolute atomic E-state index is 14.4. The molecular formula is C42H67N7O9. The van der Waals surface area contributed by atoms with Crippen molar-refractivity contribution in [2.24, 2.45) is 17.8 Å². The second kappa shape index (κ2) is 19.2. The number of aryl methyl sites for hydroxylation is 1. The average Bonchev–Trinajstić information content (AvgIpc) is 3.77. The number of likely N-dealkylation sites (N-methyl/N-ethyl adjacent to an activating group) is 1. The number of hydrogen-bond acceptors (Lipinski definition) is 14. The largest absolute Gasteiger partial charge is 0.458 e. The third kappa shape index (κ3) is 9.90. The molecule has 16 nitrogen and oxygen atoms in total. The molecule has 3 saturated heterocycles. The van der Waals surface area contributed by atoms with Gasteiger partial charge >= 0.3 is 12.1 Å². The molecular weight excluding hydrogens is 747 g/mol. The molecule has 4 unspecified atom stereocenters. The molecule has 1 amide bonds. The van der Waals surface area contributed by atoms with Crippen molar-refractivity contribution in [3.63, 3.8) is 0 Å². The first-order valence-corrected chi connectivity index (χ1v) is 20.9. The number of aromatic nitrogens is 4. The van der Waals surface area contributed by atoms with Gasteiger partial charge in [0.15, 0.2) is 17.7 Å². The van der Waals surface area contributed by atoms with E-state index in [1.165, 1.54) is 6.92 Å². The van der Waals surface area contributed by atoms with E-state index < -0.39 is 71.5 Å². The first-order valence-electron chi connectivity index (χ1n) is 20.9. The molecule has 3 aliphatic rings. The van der Waals surface area contributed by atoms with Crippen LogP contribution in [0.15, 0.2) is 30.6 Å². The molecule has 0 radical (unpaired) electrons. The van der Waals surface area contributed by atoms with Crippen molar-refractivity contribution in [2.45, 2.75) is 154 Å². The van der Waals surface area contributed by atoms with Crippen molar-refractivity contribution in [3.8, 4) is 11.4 Å². The summed E-state index contributed by atoms with van der Waals surface area (Å²) < 4.78 is 33.3. The summed E-state index contributed by atoms with van der Waals surface area (Å²) in [6.45, 7) is 16.4. The zero-order valence-corrected chi connectivity index (χ0v) is 36.3. The number of rotatable bonds is 11. The topological polar surface area (TPSA) is 180 Å². The van der Waals surface area contributed by atoms with Crippen LogP contribution in [0.4, 0.5) is 4.79 Å². The Labute approximate surface area is 343 Å². The first kappa shape index (κ1) is 45.5. The molecule has 16 heteroatoms. The van der Waals surface area contributed by atoms with Gasteiger partial charge in [-0.25, -0.2) is 4.79 Å². The SMILES string of the molecule is CC[C@H]1OC(=O)C(C)C(=O)[C@H](C)[C@@H](O[C@@H]2OC(C)CC(N(C)C)C2O)[C@](C)(OC)C[C@@H](C)CN[C@H](C)[C@H]2N(CCCCn3cc(-c4ccccn4)nn3)C(=O)O[C@]12C. The molecule has 3 fully saturated rings. The number of aliphatic hydroxyl groups excluding tert-OH is 1. The summed E-state index contributed by atoms with van der Waals surface area (Å²) in [6.07, 6.45) is 1.92. The number of esters is 1. The Morgan fingerprint density at radius 2 is 1.78 bits per heavy atom. The van der Waals surface area contributed by atoms with Crippen molar-refractivity contribution in [3.05, 3.63) is 30.6 Å². The fourth-order valence-corrected chi connectivity index (χ4v) is 9.25. The summed E-state index contributed by atoms with van der Waals surface area (Å²) in [5, 5.41) is 23.6. The molecule has 5 heterocycles. The zero-order chi connectivity index (χ0) is 42.5. The lowest BCUT2D eigenvalue weighted by Crippen LogP contribution is -2.61. The van der Waals surface area contributed by atoms with Gasteiger partial charge in [-0.1, -0.05) is 32.1 Å². The third-order valence-electron chi connectivity index (χ3n) is 12.6. The fourth-order valence-electron chi connectivity index (χ4n) is 9.25. The van der Waals surface area contributed by atoms with Crippen LogP contribution in [-0.2, 0) is 39.8 Å². The van der Waals surface area contributed by atoms with Gasteiger partial charge in [0.2, 0.25) is 0 Å². The van der Waals surface area contributed by atoms with Crippen molar-refractivity contribution in [1.29, 1.82) is 0 Å². The van der Waals surface area contributed by atoms with Gasteiger partial charge in [-0.2, -0.15) is 0 Å². The molecule has 0 aliphatic carbocycles. The van der Waals surface area contributed by atoms with Crippen LogP contribution in [0.1, 0.15) is 87.5 Å². The molecule has 5 rings (SSSR count). The minimum absolute atomic E-state index is 0.00904. The summed E-state index contributed by atoms with van der Waals surface area (Å²) in [5.41, 5.74) is -0.833. The maximum Gasteiger partial charge on any atom is 0.410 e. The minimum atomic E-state index is -1.23. The van der Waals surface area contributed by atoms with Crippen LogP contribution in [0.2, 0.25) is 0 Å². The monoisotopic (exact) mass is 814 g/mol. The Balaban J connectivity index is 1.38. The number of amides is 1. The fraction of sp³-hybridized carbons (Fsp3) is 0.762. The van der Waals surface area contributed by atoms with Crippen molar-refractivity contribution < 1.29 is 43.2 Å². The van der Waals surface area contributed by atoms with E-state index in [2.05, 4.69) is 27.5 Å². The third-order valence-corrected chi connectivity index (χ3v) is 12.6. The van der Waals surface area contributed by atoms with E-state index in [9.17, 15) is 19.5 Å². The number of carbonyl (C=O) groups is 3. The van der Waals surface area contributed by atoms with Gasteiger partial charge in [0, 0.05) is 44.4 Å². The molecule has 2 aromatic rings. The molecule has 0 bridgehead atoms. The van der Waals surface area contributed by atoms with Crippen LogP contribution in [0.25, 0.3) is 11.4 Å². The lowest BCUT2D eigenvalue weighted by Gasteiger charge is -2.46.